The van der Waals surface area contributed by atoms with Gasteiger partial charge in [0.1, 0.15) is 12.7 Å². The molecule has 2 aliphatic heterocycles. The van der Waals surface area contributed by atoms with Crippen LogP contribution in [0.3, 0.4) is 0 Å². The van der Waals surface area contributed by atoms with Gasteiger partial charge in [0, 0.05) is 19.1 Å². The SMILES string of the molecule is N#Cc1c(N2CC3CCC(C2)N3C(=O)O)ccc2c1CCC(NC(=O)OCc1ccccc1)C2. The number of anilines is 1. The van der Waals surface area contributed by atoms with Gasteiger partial charge in [0.05, 0.1) is 23.3 Å². The van der Waals surface area contributed by atoms with E-state index in [4.69, 9.17) is 4.74 Å². The van der Waals surface area contributed by atoms with Crippen LogP contribution < -0.4 is 10.2 Å². The molecule has 0 saturated carbocycles. The van der Waals surface area contributed by atoms with E-state index in [1.807, 2.05) is 36.4 Å². The molecule has 8 heteroatoms. The fraction of sp³-hybridized carbons (Fsp3) is 0.423. The number of nitrogens with zero attached hydrogens (tertiary/aromatic N) is 3. The van der Waals surface area contributed by atoms with E-state index in [0.717, 1.165) is 41.6 Å². The molecular formula is C26H28N4O4. The van der Waals surface area contributed by atoms with Crippen LogP contribution >= 0.6 is 0 Å². The topological polar surface area (TPSA) is 106 Å². The fourth-order valence-electron chi connectivity index (χ4n) is 5.70. The molecule has 3 atom stereocenters. The van der Waals surface area contributed by atoms with Crippen LogP contribution in [0.5, 0.6) is 0 Å². The van der Waals surface area contributed by atoms with E-state index in [1.54, 1.807) is 4.90 Å². The first-order chi connectivity index (χ1) is 16.5. The van der Waals surface area contributed by atoms with Gasteiger partial charge in [0.15, 0.2) is 0 Å². The Labute approximate surface area is 198 Å². The van der Waals surface area contributed by atoms with Crippen molar-refractivity contribution in [3.63, 3.8) is 0 Å². The van der Waals surface area contributed by atoms with Crippen molar-refractivity contribution in [2.45, 2.75) is 56.8 Å². The number of carbonyl (C=O) groups is 2. The predicted octanol–water partition coefficient (Wildman–Crippen LogP) is 3.67. The number of rotatable bonds is 4. The van der Waals surface area contributed by atoms with Gasteiger partial charge in [-0.05, 0) is 54.9 Å². The third kappa shape index (κ3) is 4.26. The maximum atomic E-state index is 12.3. The molecule has 2 amide bonds. The van der Waals surface area contributed by atoms with Gasteiger partial charge in [-0.1, -0.05) is 36.4 Å². The van der Waals surface area contributed by atoms with Crippen LogP contribution in [-0.2, 0) is 24.2 Å². The molecule has 2 fully saturated rings. The van der Waals surface area contributed by atoms with Gasteiger partial charge in [0.25, 0.3) is 0 Å². The summed E-state index contributed by atoms with van der Waals surface area (Å²) in [4.78, 5) is 27.7. The number of alkyl carbamates (subject to hydrolysis) is 1. The molecule has 2 bridgehead atoms. The molecule has 8 nitrogen and oxygen atoms in total. The normalized spacial score (nSPS) is 23.1. The summed E-state index contributed by atoms with van der Waals surface area (Å²) >= 11 is 0. The molecule has 0 aromatic heterocycles. The van der Waals surface area contributed by atoms with Crippen LogP contribution in [0.4, 0.5) is 15.3 Å². The molecule has 2 aromatic rings. The molecule has 2 heterocycles. The molecule has 34 heavy (non-hydrogen) atoms. The van der Waals surface area contributed by atoms with Crippen molar-refractivity contribution in [1.29, 1.82) is 5.26 Å². The van der Waals surface area contributed by atoms with E-state index in [0.29, 0.717) is 31.5 Å². The van der Waals surface area contributed by atoms with Crippen molar-refractivity contribution in [3.05, 3.63) is 64.7 Å². The first-order valence-electron chi connectivity index (χ1n) is 11.8. The number of fused-ring (bicyclic) bond motifs is 3. The lowest BCUT2D eigenvalue weighted by molar-refractivity contribution is 0.115. The molecule has 176 valence electrons. The summed E-state index contributed by atoms with van der Waals surface area (Å²) in [7, 11) is 0. The largest absolute Gasteiger partial charge is 0.465 e. The fourth-order valence-corrected chi connectivity index (χ4v) is 5.70. The lowest BCUT2D eigenvalue weighted by Crippen LogP contribution is -2.55. The van der Waals surface area contributed by atoms with Crippen molar-refractivity contribution in [1.82, 2.24) is 10.2 Å². The Morgan fingerprint density at radius 2 is 1.82 bits per heavy atom. The molecule has 3 unspecified atom stereocenters. The molecule has 2 aromatic carbocycles. The number of benzene rings is 2. The molecule has 5 rings (SSSR count). The summed E-state index contributed by atoms with van der Waals surface area (Å²) in [5.74, 6) is 0. The van der Waals surface area contributed by atoms with Crippen LogP contribution in [-0.4, -0.2) is 53.4 Å². The van der Waals surface area contributed by atoms with Gasteiger partial charge < -0.3 is 20.1 Å². The first-order valence-corrected chi connectivity index (χ1v) is 11.8. The maximum absolute atomic E-state index is 12.3. The summed E-state index contributed by atoms with van der Waals surface area (Å²) in [5.41, 5.74) is 4.65. The monoisotopic (exact) mass is 460 g/mol. The minimum atomic E-state index is -0.848. The zero-order valence-electron chi connectivity index (χ0n) is 18.9. The zero-order valence-corrected chi connectivity index (χ0v) is 18.9. The summed E-state index contributed by atoms with van der Waals surface area (Å²) in [6, 6.07) is 16.0. The van der Waals surface area contributed by atoms with Gasteiger partial charge in [0.2, 0.25) is 0 Å². The van der Waals surface area contributed by atoms with E-state index in [-0.39, 0.29) is 24.7 Å². The van der Waals surface area contributed by atoms with Gasteiger partial charge in [-0.3, -0.25) is 4.90 Å². The molecule has 1 aliphatic carbocycles. The Hall–Kier alpha value is -3.73. The number of hydrogen-bond acceptors (Lipinski definition) is 5. The summed E-state index contributed by atoms with van der Waals surface area (Å²) < 4.78 is 5.36. The number of carboxylic acid groups (broad SMARTS) is 1. The van der Waals surface area contributed by atoms with Crippen molar-refractivity contribution in [2.75, 3.05) is 18.0 Å². The quantitative estimate of drug-likeness (QED) is 0.721. The third-order valence-corrected chi connectivity index (χ3v) is 7.29. The molecule has 0 radical (unpaired) electrons. The number of ether oxygens (including phenoxy) is 1. The van der Waals surface area contributed by atoms with Crippen molar-refractivity contribution in [3.8, 4) is 6.07 Å². The Morgan fingerprint density at radius 1 is 1.09 bits per heavy atom. The molecular weight excluding hydrogens is 432 g/mol. The van der Waals surface area contributed by atoms with Gasteiger partial charge >= 0.3 is 12.2 Å². The van der Waals surface area contributed by atoms with Crippen LogP contribution in [0.15, 0.2) is 42.5 Å². The van der Waals surface area contributed by atoms with Crippen LogP contribution in [0.2, 0.25) is 0 Å². The number of amides is 2. The highest BCUT2D eigenvalue weighted by molar-refractivity contribution is 5.70. The summed E-state index contributed by atoms with van der Waals surface area (Å²) in [5, 5.41) is 22.5. The van der Waals surface area contributed by atoms with Crippen LogP contribution in [0.1, 0.15) is 41.5 Å². The standard InChI is InChI=1S/C26H28N4O4/c27-13-23-22-10-7-19(28-25(31)34-16-17-4-2-1-3-5-17)12-18(22)6-11-24(23)29-14-20-8-9-21(15-29)30(20)26(32)33/h1-6,11,19-21H,7-10,12,14-16H2,(H,28,31)(H,32,33). The minimum absolute atomic E-state index is 0.0192. The Kier molecular flexibility index (Phi) is 6.01. The summed E-state index contributed by atoms with van der Waals surface area (Å²) in [6.07, 6.45) is 2.56. The predicted molar refractivity (Wildman–Crippen MR) is 126 cm³/mol. The van der Waals surface area contributed by atoms with E-state index < -0.39 is 12.2 Å². The van der Waals surface area contributed by atoms with Crippen LogP contribution in [0.25, 0.3) is 0 Å². The second kappa shape index (κ2) is 9.26. The average Bonchev–Trinajstić information content (AvgIpc) is 3.12. The average molecular weight is 461 g/mol. The molecule has 2 saturated heterocycles. The number of carbonyl (C=O) groups excluding carboxylic acids is 1. The highest BCUT2D eigenvalue weighted by Gasteiger charge is 2.43. The second-order valence-corrected chi connectivity index (χ2v) is 9.33. The van der Waals surface area contributed by atoms with Crippen molar-refractivity contribution >= 4 is 17.9 Å². The molecule has 0 spiro atoms. The number of nitrogens with one attached hydrogen (secondary N) is 1. The van der Waals surface area contributed by atoms with E-state index >= 15 is 0 Å². The summed E-state index contributed by atoms with van der Waals surface area (Å²) in [6.45, 7) is 1.47. The number of nitriles is 1. The maximum Gasteiger partial charge on any atom is 0.407 e. The van der Waals surface area contributed by atoms with Crippen LogP contribution in [0, 0.1) is 11.3 Å². The van der Waals surface area contributed by atoms with Crippen molar-refractivity contribution in [2.24, 2.45) is 0 Å². The van der Waals surface area contributed by atoms with Gasteiger partial charge in [-0.2, -0.15) is 5.26 Å². The van der Waals surface area contributed by atoms with E-state index in [2.05, 4.69) is 22.4 Å². The Bertz CT molecular complexity index is 1120. The lowest BCUT2D eigenvalue weighted by Gasteiger charge is -2.41. The van der Waals surface area contributed by atoms with Gasteiger partial charge in [-0.15, -0.1) is 0 Å². The van der Waals surface area contributed by atoms with E-state index in [1.165, 1.54) is 0 Å². The van der Waals surface area contributed by atoms with Crippen molar-refractivity contribution < 1.29 is 19.4 Å². The minimum Gasteiger partial charge on any atom is -0.465 e. The Balaban J connectivity index is 1.25. The smallest absolute Gasteiger partial charge is 0.407 e. The molecule has 2 N–H and O–H groups in total. The molecule has 3 aliphatic rings. The Morgan fingerprint density at radius 3 is 2.50 bits per heavy atom. The number of piperazine rings is 1. The highest BCUT2D eigenvalue weighted by Crippen LogP contribution is 2.37. The second-order valence-electron chi connectivity index (χ2n) is 9.33. The lowest BCUT2D eigenvalue weighted by atomic mass is 9.84. The third-order valence-electron chi connectivity index (χ3n) is 7.29. The van der Waals surface area contributed by atoms with Gasteiger partial charge in [-0.25, -0.2) is 9.59 Å². The highest BCUT2D eigenvalue weighted by atomic mass is 16.5. The number of hydrogen-bond donors (Lipinski definition) is 2. The zero-order chi connectivity index (χ0) is 23.7. The van der Waals surface area contributed by atoms with E-state index in [9.17, 15) is 20.0 Å². The first kappa shape index (κ1) is 22.1.